The van der Waals surface area contributed by atoms with Gasteiger partial charge in [0.2, 0.25) is 11.8 Å². The number of amides is 3. The van der Waals surface area contributed by atoms with Gasteiger partial charge in [0.15, 0.2) is 0 Å². The highest BCUT2D eigenvalue weighted by Crippen LogP contribution is 2.13. The van der Waals surface area contributed by atoms with Gasteiger partial charge in [0.1, 0.15) is 36.9 Å². The molecule has 2 rings (SSSR count). The second-order valence-electron chi connectivity index (χ2n) is 11.6. The van der Waals surface area contributed by atoms with E-state index in [1.165, 1.54) is 6.92 Å². The van der Waals surface area contributed by atoms with Crippen LogP contribution in [-0.4, -0.2) is 53.6 Å². The summed E-state index contributed by atoms with van der Waals surface area (Å²) in [6.45, 7) is 10.3. The fraction of sp³-hybridized carbons (Fsp3) is 0.485. The SMILES string of the molecule is CCC(C)[C@@H](NC(=O)[C@@H](C)NC(=O)[C@@H](CCC(=O)OCc1ccccc1)NC(=O)OC(C)(C)C)C(=O)OCc1ccccc1. The van der Waals surface area contributed by atoms with E-state index in [2.05, 4.69) is 16.0 Å². The molecule has 3 N–H and O–H groups in total. The van der Waals surface area contributed by atoms with Gasteiger partial charge >= 0.3 is 18.0 Å². The van der Waals surface area contributed by atoms with Crippen molar-refractivity contribution in [3.05, 3.63) is 71.8 Å². The van der Waals surface area contributed by atoms with E-state index in [0.717, 1.165) is 11.1 Å². The number of ether oxygens (including phenoxy) is 3. The molecule has 3 amide bonds. The zero-order valence-corrected chi connectivity index (χ0v) is 26.4. The summed E-state index contributed by atoms with van der Waals surface area (Å²) in [5, 5.41) is 7.73. The standard InChI is InChI=1S/C33H45N3O8/c1-7-22(2)28(31(40)43-21-25-16-12-9-13-17-25)36-29(38)23(3)34-30(39)26(35-32(41)44-33(4,5)6)18-19-27(37)42-20-24-14-10-8-11-15-24/h8-17,22-23,26,28H,7,18-21H2,1-6H3,(H,34,39)(H,35,41)(H,36,38)/t22?,23-,26-,28-/m1/s1. The van der Waals surface area contributed by atoms with Crippen LogP contribution in [0.3, 0.4) is 0 Å². The van der Waals surface area contributed by atoms with Gasteiger partial charge in [-0.25, -0.2) is 9.59 Å². The van der Waals surface area contributed by atoms with E-state index >= 15 is 0 Å². The Morgan fingerprint density at radius 1 is 0.750 bits per heavy atom. The lowest BCUT2D eigenvalue weighted by Crippen LogP contribution is -2.56. The maximum absolute atomic E-state index is 13.2. The average Bonchev–Trinajstić information content (AvgIpc) is 2.99. The number of nitrogens with one attached hydrogen (secondary N) is 3. The summed E-state index contributed by atoms with van der Waals surface area (Å²) < 4.78 is 16.0. The van der Waals surface area contributed by atoms with Crippen LogP contribution in [0.4, 0.5) is 4.79 Å². The van der Waals surface area contributed by atoms with E-state index in [1.54, 1.807) is 20.8 Å². The molecule has 0 bridgehead atoms. The molecule has 1 unspecified atom stereocenters. The van der Waals surface area contributed by atoms with Gasteiger partial charge in [0.05, 0.1) is 0 Å². The Kier molecular flexibility index (Phi) is 14.4. The number of hydrogen-bond acceptors (Lipinski definition) is 8. The predicted octanol–water partition coefficient (Wildman–Crippen LogP) is 4.18. The molecule has 0 fully saturated rings. The van der Waals surface area contributed by atoms with Crippen molar-refractivity contribution >= 4 is 29.8 Å². The van der Waals surface area contributed by atoms with E-state index in [0.29, 0.717) is 6.42 Å². The van der Waals surface area contributed by atoms with Crippen molar-refractivity contribution < 1.29 is 38.2 Å². The lowest BCUT2D eigenvalue weighted by molar-refractivity contribution is -0.151. The summed E-state index contributed by atoms with van der Waals surface area (Å²) in [6, 6.07) is 15.1. The topological polar surface area (TPSA) is 149 Å². The third-order valence-corrected chi connectivity index (χ3v) is 6.63. The van der Waals surface area contributed by atoms with Crippen molar-refractivity contribution in [1.29, 1.82) is 0 Å². The van der Waals surface area contributed by atoms with Crippen LogP contribution in [0, 0.1) is 5.92 Å². The smallest absolute Gasteiger partial charge is 0.408 e. The first kappa shape index (κ1) is 35.8. The van der Waals surface area contributed by atoms with Gasteiger partial charge in [-0.3, -0.25) is 14.4 Å². The first-order valence-corrected chi connectivity index (χ1v) is 14.8. The Labute approximate surface area is 259 Å². The van der Waals surface area contributed by atoms with Crippen LogP contribution in [0.25, 0.3) is 0 Å². The van der Waals surface area contributed by atoms with Crippen LogP contribution in [0.5, 0.6) is 0 Å². The summed E-state index contributed by atoms with van der Waals surface area (Å²) in [4.78, 5) is 64.1. The molecule has 4 atom stereocenters. The van der Waals surface area contributed by atoms with Crippen molar-refractivity contribution in [2.24, 2.45) is 5.92 Å². The first-order chi connectivity index (χ1) is 20.8. The zero-order chi connectivity index (χ0) is 32.7. The van der Waals surface area contributed by atoms with E-state index in [-0.39, 0.29) is 32.0 Å². The second-order valence-corrected chi connectivity index (χ2v) is 11.6. The van der Waals surface area contributed by atoms with Gasteiger partial charge in [-0.1, -0.05) is 80.9 Å². The molecular formula is C33H45N3O8. The molecule has 0 aliphatic heterocycles. The molecule has 2 aromatic rings. The van der Waals surface area contributed by atoms with E-state index in [9.17, 15) is 24.0 Å². The third kappa shape index (κ3) is 13.3. The number of carbonyl (C=O) groups excluding carboxylic acids is 5. The molecule has 2 aromatic carbocycles. The molecule has 0 heterocycles. The predicted molar refractivity (Wildman–Crippen MR) is 164 cm³/mol. The molecule has 0 saturated heterocycles. The summed E-state index contributed by atoms with van der Waals surface area (Å²) in [5.41, 5.74) is 0.789. The van der Waals surface area contributed by atoms with Gasteiger partial charge in [-0.05, 0) is 51.2 Å². The van der Waals surface area contributed by atoms with Gasteiger partial charge in [0.25, 0.3) is 0 Å². The number of alkyl carbamates (subject to hydrolysis) is 1. The Hall–Kier alpha value is -4.41. The molecule has 240 valence electrons. The van der Waals surface area contributed by atoms with Crippen LogP contribution >= 0.6 is 0 Å². The summed E-state index contributed by atoms with van der Waals surface area (Å²) in [5.74, 6) is -2.71. The Bertz CT molecular complexity index is 1230. The monoisotopic (exact) mass is 611 g/mol. The van der Waals surface area contributed by atoms with Gasteiger partial charge < -0.3 is 30.2 Å². The number of hydrogen-bond donors (Lipinski definition) is 3. The van der Waals surface area contributed by atoms with E-state index in [1.807, 2.05) is 74.5 Å². The van der Waals surface area contributed by atoms with Crippen molar-refractivity contribution in [1.82, 2.24) is 16.0 Å². The lowest BCUT2D eigenvalue weighted by atomic mass is 9.99. The van der Waals surface area contributed by atoms with Crippen LogP contribution in [0.2, 0.25) is 0 Å². The quantitative estimate of drug-likeness (QED) is 0.201. The molecule has 0 saturated carbocycles. The molecular weight excluding hydrogens is 566 g/mol. The van der Waals surface area contributed by atoms with Crippen LogP contribution in [0.15, 0.2) is 60.7 Å². The first-order valence-electron chi connectivity index (χ1n) is 14.8. The highest BCUT2D eigenvalue weighted by Gasteiger charge is 2.31. The Morgan fingerprint density at radius 2 is 1.30 bits per heavy atom. The number of rotatable bonds is 15. The molecule has 0 spiro atoms. The maximum Gasteiger partial charge on any atom is 0.408 e. The average molecular weight is 612 g/mol. The van der Waals surface area contributed by atoms with Crippen molar-refractivity contribution in [2.45, 2.75) is 97.7 Å². The van der Waals surface area contributed by atoms with Crippen molar-refractivity contribution in [2.75, 3.05) is 0 Å². The molecule has 11 heteroatoms. The molecule has 0 aromatic heterocycles. The summed E-state index contributed by atoms with van der Waals surface area (Å²) >= 11 is 0. The number of carbonyl (C=O) groups is 5. The molecule has 11 nitrogen and oxygen atoms in total. The van der Waals surface area contributed by atoms with Crippen LogP contribution in [-0.2, 0) is 46.6 Å². The third-order valence-electron chi connectivity index (χ3n) is 6.63. The van der Waals surface area contributed by atoms with Crippen molar-refractivity contribution in [3.8, 4) is 0 Å². The number of esters is 2. The van der Waals surface area contributed by atoms with Crippen LogP contribution < -0.4 is 16.0 Å². The van der Waals surface area contributed by atoms with E-state index in [4.69, 9.17) is 14.2 Å². The molecule has 0 aliphatic carbocycles. The maximum atomic E-state index is 13.2. The highest BCUT2D eigenvalue weighted by molar-refractivity contribution is 5.93. The van der Waals surface area contributed by atoms with Gasteiger partial charge in [-0.15, -0.1) is 0 Å². The van der Waals surface area contributed by atoms with Crippen molar-refractivity contribution in [3.63, 3.8) is 0 Å². The fourth-order valence-corrected chi connectivity index (χ4v) is 3.94. The lowest BCUT2D eigenvalue weighted by Gasteiger charge is -2.26. The largest absolute Gasteiger partial charge is 0.461 e. The summed E-state index contributed by atoms with van der Waals surface area (Å²) in [6.07, 6.45) is -0.543. The molecule has 0 aliphatic rings. The Morgan fingerprint density at radius 3 is 1.82 bits per heavy atom. The number of benzene rings is 2. The fourth-order valence-electron chi connectivity index (χ4n) is 3.94. The van der Waals surface area contributed by atoms with Gasteiger partial charge in [0, 0.05) is 6.42 Å². The van der Waals surface area contributed by atoms with Crippen LogP contribution in [0.1, 0.15) is 71.9 Å². The minimum absolute atomic E-state index is 0.0561. The molecule has 44 heavy (non-hydrogen) atoms. The normalized spacial score (nSPS) is 13.8. The zero-order valence-electron chi connectivity index (χ0n) is 26.4. The summed E-state index contributed by atoms with van der Waals surface area (Å²) in [7, 11) is 0. The highest BCUT2D eigenvalue weighted by atomic mass is 16.6. The second kappa shape index (κ2) is 17.6. The molecule has 0 radical (unpaired) electrons. The minimum atomic E-state index is -1.20. The Balaban J connectivity index is 2.02. The minimum Gasteiger partial charge on any atom is -0.461 e. The van der Waals surface area contributed by atoms with E-state index < -0.39 is 53.6 Å². The van der Waals surface area contributed by atoms with Gasteiger partial charge in [-0.2, -0.15) is 0 Å².